The number of ketones is 2. The van der Waals surface area contributed by atoms with Crippen molar-refractivity contribution in [1.29, 1.82) is 0 Å². The summed E-state index contributed by atoms with van der Waals surface area (Å²) in [5.74, 6) is -2.77. The molecule has 1 fully saturated rings. The maximum Gasteiger partial charge on any atom is 0.407 e. The molecule has 0 aromatic heterocycles. The first-order chi connectivity index (χ1) is 11.5. The quantitative estimate of drug-likeness (QED) is 0.696. The standard InChI is InChI=1S/C17H28N2O6/c1-10(2)13(18-16(23)24-9-17(3,4)5)12(20)8-11-6-7-25-19-15(22)14(11)21/h10-11,13H,6-9H2,1-5H3,(H,18,23)(H,19,22). The minimum absolute atomic E-state index is 0.127. The molecule has 2 unspecified atom stereocenters. The predicted molar refractivity (Wildman–Crippen MR) is 89.4 cm³/mol. The molecule has 8 heteroatoms. The number of alkyl carbamates (subject to hydrolysis) is 1. The lowest BCUT2D eigenvalue weighted by atomic mass is 9.88. The van der Waals surface area contributed by atoms with Gasteiger partial charge in [0.25, 0.3) is 0 Å². The van der Waals surface area contributed by atoms with Crippen molar-refractivity contribution in [2.75, 3.05) is 13.2 Å². The van der Waals surface area contributed by atoms with Crippen LogP contribution < -0.4 is 10.8 Å². The maximum absolute atomic E-state index is 12.6. The van der Waals surface area contributed by atoms with Crippen molar-refractivity contribution in [2.24, 2.45) is 17.3 Å². The maximum atomic E-state index is 12.6. The summed E-state index contributed by atoms with van der Waals surface area (Å²) in [5, 5.41) is 2.57. The second kappa shape index (κ2) is 8.94. The van der Waals surface area contributed by atoms with Crippen molar-refractivity contribution in [3.63, 3.8) is 0 Å². The fraction of sp³-hybridized carbons (Fsp3) is 0.765. The normalized spacial score (nSPS) is 19.8. The van der Waals surface area contributed by atoms with E-state index in [-0.39, 0.29) is 43.2 Å². The van der Waals surface area contributed by atoms with Gasteiger partial charge in [-0.15, -0.1) is 0 Å². The first-order valence-corrected chi connectivity index (χ1v) is 8.43. The average Bonchev–Trinajstić information content (AvgIpc) is 2.65. The Morgan fingerprint density at radius 1 is 1.32 bits per heavy atom. The highest BCUT2D eigenvalue weighted by Crippen LogP contribution is 2.18. The van der Waals surface area contributed by atoms with Gasteiger partial charge in [0, 0.05) is 12.3 Å². The first-order valence-electron chi connectivity index (χ1n) is 8.43. The molecule has 1 aliphatic rings. The second-order valence-corrected chi connectivity index (χ2v) is 7.80. The Morgan fingerprint density at radius 2 is 1.96 bits per heavy atom. The Hall–Kier alpha value is -1.96. The van der Waals surface area contributed by atoms with Gasteiger partial charge in [0.05, 0.1) is 19.3 Å². The van der Waals surface area contributed by atoms with E-state index in [1.54, 1.807) is 13.8 Å². The minimum Gasteiger partial charge on any atom is -0.449 e. The summed E-state index contributed by atoms with van der Waals surface area (Å²) in [5.41, 5.74) is 1.84. The Balaban J connectivity index is 2.68. The molecule has 2 amide bonds. The molecule has 1 rings (SSSR count). The molecule has 2 atom stereocenters. The number of nitrogens with one attached hydrogen (secondary N) is 2. The van der Waals surface area contributed by atoms with Crippen molar-refractivity contribution in [3.8, 4) is 0 Å². The van der Waals surface area contributed by atoms with Gasteiger partial charge in [0.15, 0.2) is 5.78 Å². The molecule has 1 saturated heterocycles. The van der Waals surface area contributed by atoms with Gasteiger partial charge < -0.3 is 10.1 Å². The molecule has 0 spiro atoms. The van der Waals surface area contributed by atoms with Crippen LogP contribution in [0.4, 0.5) is 4.79 Å². The largest absolute Gasteiger partial charge is 0.449 e. The van der Waals surface area contributed by atoms with Crippen LogP contribution in [0, 0.1) is 17.3 Å². The molecule has 0 bridgehead atoms. The van der Waals surface area contributed by atoms with Gasteiger partial charge in [0.2, 0.25) is 5.78 Å². The van der Waals surface area contributed by atoms with Crippen LogP contribution in [0.25, 0.3) is 0 Å². The number of amides is 2. The highest BCUT2D eigenvalue weighted by Gasteiger charge is 2.33. The molecule has 1 aliphatic heterocycles. The molecule has 2 N–H and O–H groups in total. The van der Waals surface area contributed by atoms with Crippen LogP contribution >= 0.6 is 0 Å². The zero-order valence-corrected chi connectivity index (χ0v) is 15.5. The molecule has 0 saturated carbocycles. The van der Waals surface area contributed by atoms with Crippen molar-refractivity contribution >= 4 is 23.6 Å². The zero-order valence-electron chi connectivity index (χ0n) is 15.5. The molecule has 142 valence electrons. The molecular formula is C17H28N2O6. The highest BCUT2D eigenvalue weighted by atomic mass is 16.7. The summed E-state index contributed by atoms with van der Waals surface area (Å²) in [6, 6.07) is -0.785. The molecule has 0 aliphatic carbocycles. The van der Waals surface area contributed by atoms with E-state index in [4.69, 9.17) is 9.57 Å². The van der Waals surface area contributed by atoms with Crippen molar-refractivity contribution in [1.82, 2.24) is 10.8 Å². The Kier molecular flexibility index (Phi) is 7.54. The van der Waals surface area contributed by atoms with Crippen LogP contribution in [-0.2, 0) is 24.0 Å². The van der Waals surface area contributed by atoms with Crippen LogP contribution in [0.1, 0.15) is 47.5 Å². The highest BCUT2D eigenvalue weighted by molar-refractivity contribution is 6.37. The minimum atomic E-state index is -0.853. The molecule has 0 aromatic rings. The molecular weight excluding hydrogens is 328 g/mol. The van der Waals surface area contributed by atoms with Gasteiger partial charge in [-0.1, -0.05) is 34.6 Å². The van der Waals surface area contributed by atoms with Crippen molar-refractivity contribution < 1.29 is 28.8 Å². The summed E-state index contributed by atoms with van der Waals surface area (Å²) >= 11 is 0. The monoisotopic (exact) mass is 356 g/mol. The zero-order chi connectivity index (χ0) is 19.2. The Labute approximate surface area is 147 Å². The lowest BCUT2D eigenvalue weighted by molar-refractivity contribution is -0.145. The molecule has 25 heavy (non-hydrogen) atoms. The summed E-state index contributed by atoms with van der Waals surface area (Å²) in [6.07, 6.45) is -0.532. The number of ether oxygens (including phenoxy) is 1. The van der Waals surface area contributed by atoms with Gasteiger partial charge >= 0.3 is 12.0 Å². The van der Waals surface area contributed by atoms with Gasteiger partial charge in [-0.2, -0.15) is 0 Å². The van der Waals surface area contributed by atoms with Crippen LogP contribution in [0.2, 0.25) is 0 Å². The lowest BCUT2D eigenvalue weighted by Gasteiger charge is -2.24. The molecule has 0 aromatic carbocycles. The van der Waals surface area contributed by atoms with E-state index in [2.05, 4.69) is 5.32 Å². The Bertz CT molecular complexity index is 524. The number of hydroxylamine groups is 1. The van der Waals surface area contributed by atoms with E-state index in [0.29, 0.717) is 0 Å². The van der Waals surface area contributed by atoms with E-state index in [1.165, 1.54) is 0 Å². The molecule has 8 nitrogen and oxygen atoms in total. The van der Waals surface area contributed by atoms with Crippen molar-refractivity contribution in [2.45, 2.75) is 53.5 Å². The smallest absolute Gasteiger partial charge is 0.407 e. The van der Waals surface area contributed by atoms with Gasteiger partial charge in [0.1, 0.15) is 0 Å². The number of carbonyl (C=O) groups excluding carboxylic acids is 4. The van der Waals surface area contributed by atoms with Crippen LogP contribution in [0.5, 0.6) is 0 Å². The molecule has 1 heterocycles. The van der Waals surface area contributed by atoms with E-state index < -0.39 is 29.7 Å². The fourth-order valence-electron chi connectivity index (χ4n) is 2.32. The third-order valence-electron chi connectivity index (χ3n) is 3.70. The summed E-state index contributed by atoms with van der Waals surface area (Å²) in [4.78, 5) is 52.7. The lowest BCUT2D eigenvalue weighted by Crippen LogP contribution is -2.46. The van der Waals surface area contributed by atoms with E-state index >= 15 is 0 Å². The number of Topliss-reactive ketones (excluding diaryl/α,β-unsaturated/α-hetero) is 2. The summed E-state index contributed by atoms with van der Waals surface area (Å²) in [6.45, 7) is 9.73. The first kappa shape index (κ1) is 21.1. The summed E-state index contributed by atoms with van der Waals surface area (Å²) < 4.78 is 5.13. The third kappa shape index (κ3) is 7.21. The van der Waals surface area contributed by atoms with E-state index in [1.807, 2.05) is 26.3 Å². The predicted octanol–water partition coefficient (Wildman–Crippen LogP) is 1.38. The van der Waals surface area contributed by atoms with Crippen LogP contribution in [0.15, 0.2) is 0 Å². The SMILES string of the molecule is CC(C)C(NC(=O)OCC(C)(C)C)C(=O)CC1CCONC(=O)C1=O. The van der Waals surface area contributed by atoms with E-state index in [9.17, 15) is 19.2 Å². The van der Waals surface area contributed by atoms with Crippen LogP contribution in [0.3, 0.4) is 0 Å². The van der Waals surface area contributed by atoms with Gasteiger partial charge in [-0.3, -0.25) is 19.2 Å². The van der Waals surface area contributed by atoms with Crippen LogP contribution in [-0.4, -0.2) is 42.8 Å². The second-order valence-electron chi connectivity index (χ2n) is 7.80. The number of hydrogen-bond donors (Lipinski definition) is 2. The number of hydrogen-bond acceptors (Lipinski definition) is 6. The number of rotatable bonds is 6. The topological polar surface area (TPSA) is 111 Å². The third-order valence-corrected chi connectivity index (χ3v) is 3.70. The van der Waals surface area contributed by atoms with Gasteiger partial charge in [-0.05, 0) is 17.8 Å². The average molecular weight is 356 g/mol. The summed E-state index contributed by atoms with van der Waals surface area (Å²) in [7, 11) is 0. The number of carbonyl (C=O) groups is 4. The van der Waals surface area contributed by atoms with Crippen molar-refractivity contribution in [3.05, 3.63) is 0 Å². The fourth-order valence-corrected chi connectivity index (χ4v) is 2.32. The molecule has 0 radical (unpaired) electrons. The Morgan fingerprint density at radius 3 is 2.52 bits per heavy atom. The van der Waals surface area contributed by atoms with E-state index in [0.717, 1.165) is 0 Å². The van der Waals surface area contributed by atoms with Gasteiger partial charge in [-0.25, -0.2) is 10.3 Å².